The van der Waals surface area contributed by atoms with Crippen LogP contribution in [0.1, 0.15) is 0 Å². The molecule has 2 N–H and O–H groups in total. The predicted molar refractivity (Wildman–Crippen MR) is 45.0 cm³/mol. The average molecular weight is 215 g/mol. The molecule has 1 aliphatic rings. The third-order valence-corrected chi connectivity index (χ3v) is 1.87. The lowest BCUT2D eigenvalue weighted by atomic mass is 10.3. The maximum Gasteiger partial charge on any atom is 0.321 e. The first-order valence-electron chi connectivity index (χ1n) is 4.03. The minimum Gasteiger partial charge on any atom is -0.446 e. The average Bonchev–Trinajstić information content (AvgIpc) is 2.20. The smallest absolute Gasteiger partial charge is 0.321 e. The summed E-state index contributed by atoms with van der Waals surface area (Å²) in [7, 11) is 0. The Balaban J connectivity index is 2.64. The Morgan fingerprint density at radius 2 is 2.07 bits per heavy atom. The predicted octanol–water partition coefficient (Wildman–Crippen LogP) is -2.13. The van der Waals surface area contributed by atoms with E-state index in [-0.39, 0.29) is 26.3 Å². The molecule has 0 bridgehead atoms. The number of nitrogens with zero attached hydrogens (tertiary/aromatic N) is 2. The number of urea groups is 1. The molecule has 0 aromatic rings. The topological polar surface area (TPSA) is 110 Å². The van der Waals surface area contributed by atoms with Crippen LogP contribution < -0.4 is 5.73 Å². The number of hydrogen-bond donors (Lipinski definition) is 1. The summed E-state index contributed by atoms with van der Waals surface area (Å²) in [6.45, 7) is -0.0393. The first kappa shape index (κ1) is 11.0. The Morgan fingerprint density at radius 3 is 2.60 bits per heavy atom. The van der Waals surface area contributed by atoms with E-state index >= 15 is 0 Å². The van der Waals surface area contributed by atoms with Crippen molar-refractivity contribution in [2.24, 2.45) is 5.73 Å². The van der Waals surface area contributed by atoms with E-state index < -0.39 is 17.8 Å². The summed E-state index contributed by atoms with van der Waals surface area (Å²) in [6, 6.07) is -0.968. The Kier molecular flexibility index (Phi) is 3.21. The van der Waals surface area contributed by atoms with Gasteiger partial charge < -0.3 is 10.5 Å². The highest BCUT2D eigenvalue weighted by Gasteiger charge is 2.35. The van der Waals surface area contributed by atoms with Gasteiger partial charge >= 0.3 is 17.8 Å². The fourth-order valence-electron chi connectivity index (χ4n) is 1.13. The summed E-state index contributed by atoms with van der Waals surface area (Å²) in [5, 5.41) is 0. The molecule has 0 saturated carbocycles. The zero-order valence-corrected chi connectivity index (χ0v) is 7.71. The van der Waals surface area contributed by atoms with Gasteiger partial charge in [-0.1, -0.05) is 0 Å². The zero-order chi connectivity index (χ0) is 11.4. The number of piperazine rings is 1. The van der Waals surface area contributed by atoms with Crippen LogP contribution in [0, 0.1) is 0 Å². The summed E-state index contributed by atoms with van der Waals surface area (Å²) in [5.41, 5.74) is 4.87. The van der Waals surface area contributed by atoms with Crippen LogP contribution in [0.25, 0.3) is 0 Å². The molecule has 1 aliphatic heterocycles. The molecule has 15 heavy (non-hydrogen) atoms. The van der Waals surface area contributed by atoms with Gasteiger partial charge in [-0.3, -0.25) is 24.2 Å². The monoisotopic (exact) mass is 215 g/mol. The van der Waals surface area contributed by atoms with Crippen LogP contribution >= 0.6 is 0 Å². The minimum atomic E-state index is -1.01. The highest BCUT2D eigenvalue weighted by molar-refractivity contribution is 6.37. The molecule has 0 unspecified atom stereocenters. The Bertz CT molecular complexity index is 316. The minimum absolute atomic E-state index is 0.00211. The highest BCUT2D eigenvalue weighted by Crippen LogP contribution is 2.04. The van der Waals surface area contributed by atoms with Gasteiger partial charge in [0.25, 0.3) is 6.47 Å². The Hall–Kier alpha value is -2.12. The molecular weight excluding hydrogens is 206 g/mol. The van der Waals surface area contributed by atoms with Gasteiger partial charge in [-0.2, -0.15) is 0 Å². The molecule has 1 rings (SSSR count). The van der Waals surface area contributed by atoms with Gasteiger partial charge in [0.2, 0.25) is 0 Å². The molecule has 4 amide bonds. The van der Waals surface area contributed by atoms with Crippen molar-refractivity contribution in [3.05, 3.63) is 0 Å². The number of carbonyl (C=O) groups excluding carboxylic acids is 4. The molecule has 8 heteroatoms. The fourth-order valence-corrected chi connectivity index (χ4v) is 1.13. The lowest BCUT2D eigenvalue weighted by Crippen LogP contribution is -2.57. The maximum atomic E-state index is 11.3. The van der Waals surface area contributed by atoms with Crippen LogP contribution in [0.2, 0.25) is 0 Å². The number of hydrogen-bond acceptors (Lipinski definition) is 5. The Morgan fingerprint density at radius 1 is 1.40 bits per heavy atom. The zero-order valence-electron chi connectivity index (χ0n) is 7.71. The Labute approximate surface area is 84.5 Å². The number of ether oxygens (including phenoxy) is 1. The number of rotatable bonds is 3. The van der Waals surface area contributed by atoms with Crippen LogP contribution in [0.4, 0.5) is 4.79 Å². The van der Waals surface area contributed by atoms with E-state index in [0.717, 1.165) is 4.90 Å². The molecule has 82 valence electrons. The van der Waals surface area contributed by atoms with Crippen LogP contribution in [-0.2, 0) is 19.1 Å². The van der Waals surface area contributed by atoms with Crippen LogP contribution in [0.3, 0.4) is 0 Å². The van der Waals surface area contributed by atoms with E-state index in [0.29, 0.717) is 4.90 Å². The molecule has 0 aromatic carbocycles. The molecule has 0 radical (unpaired) electrons. The molecule has 0 atom stereocenters. The standard InChI is InChI=1S/C7H9N3O5/c8-7(14)10-2-1-9(3-15-4-11)5(12)6(10)13/h4H,1-3H2,(H2,8,14). The summed E-state index contributed by atoms with van der Waals surface area (Å²) in [6.07, 6.45) is 0. The third-order valence-electron chi connectivity index (χ3n) is 1.87. The van der Waals surface area contributed by atoms with Crippen molar-refractivity contribution < 1.29 is 23.9 Å². The van der Waals surface area contributed by atoms with Crippen molar-refractivity contribution in [1.82, 2.24) is 9.80 Å². The number of nitrogens with two attached hydrogens (primary N) is 1. The molecule has 1 saturated heterocycles. The summed E-state index contributed by atoms with van der Waals surface area (Å²) in [4.78, 5) is 44.7. The molecule has 8 nitrogen and oxygen atoms in total. The van der Waals surface area contributed by atoms with Gasteiger partial charge in [0.1, 0.15) is 0 Å². The van der Waals surface area contributed by atoms with Gasteiger partial charge in [0.05, 0.1) is 0 Å². The van der Waals surface area contributed by atoms with Crippen molar-refractivity contribution >= 4 is 24.3 Å². The highest BCUT2D eigenvalue weighted by atomic mass is 16.5. The maximum absolute atomic E-state index is 11.3. The lowest BCUT2D eigenvalue weighted by Gasteiger charge is -2.30. The largest absolute Gasteiger partial charge is 0.446 e. The van der Waals surface area contributed by atoms with Crippen LogP contribution in [-0.4, -0.2) is 53.9 Å². The second-order valence-corrected chi connectivity index (χ2v) is 2.76. The lowest BCUT2D eigenvalue weighted by molar-refractivity contribution is -0.159. The normalized spacial score (nSPS) is 16.5. The van der Waals surface area contributed by atoms with E-state index in [1.807, 2.05) is 0 Å². The summed E-state index contributed by atoms with van der Waals surface area (Å²) in [5.74, 6) is -1.93. The second-order valence-electron chi connectivity index (χ2n) is 2.76. The summed E-state index contributed by atoms with van der Waals surface area (Å²) < 4.78 is 4.33. The second kappa shape index (κ2) is 4.40. The van der Waals surface area contributed by atoms with Gasteiger partial charge in [0.15, 0.2) is 6.73 Å². The van der Waals surface area contributed by atoms with Crippen molar-refractivity contribution in [3.8, 4) is 0 Å². The molecule has 0 aliphatic carbocycles. The molecule has 1 fully saturated rings. The number of amides is 4. The van der Waals surface area contributed by atoms with Crippen LogP contribution in [0.15, 0.2) is 0 Å². The third kappa shape index (κ3) is 2.22. The molecule has 0 spiro atoms. The van der Waals surface area contributed by atoms with E-state index in [4.69, 9.17) is 5.73 Å². The van der Waals surface area contributed by atoms with Gasteiger partial charge in [-0.15, -0.1) is 0 Å². The van der Waals surface area contributed by atoms with E-state index in [1.54, 1.807) is 0 Å². The molecule has 0 aromatic heterocycles. The number of carbonyl (C=O) groups is 4. The van der Waals surface area contributed by atoms with Gasteiger partial charge in [-0.25, -0.2) is 4.79 Å². The van der Waals surface area contributed by atoms with E-state index in [9.17, 15) is 19.2 Å². The molecule has 1 heterocycles. The first-order valence-corrected chi connectivity index (χ1v) is 4.03. The number of imide groups is 1. The molecular formula is C7H9N3O5. The summed E-state index contributed by atoms with van der Waals surface area (Å²) >= 11 is 0. The van der Waals surface area contributed by atoms with Crippen molar-refractivity contribution in [1.29, 1.82) is 0 Å². The number of primary amides is 1. The van der Waals surface area contributed by atoms with E-state index in [2.05, 4.69) is 4.74 Å². The SMILES string of the molecule is NC(=O)N1CCN(COC=O)C(=O)C1=O. The van der Waals surface area contributed by atoms with Crippen LogP contribution in [0.5, 0.6) is 0 Å². The quantitative estimate of drug-likeness (QED) is 0.427. The van der Waals surface area contributed by atoms with Gasteiger partial charge in [-0.05, 0) is 0 Å². The van der Waals surface area contributed by atoms with Crippen molar-refractivity contribution in [2.45, 2.75) is 0 Å². The van der Waals surface area contributed by atoms with Crippen molar-refractivity contribution in [2.75, 3.05) is 19.8 Å². The van der Waals surface area contributed by atoms with Crippen molar-refractivity contribution in [3.63, 3.8) is 0 Å². The fraction of sp³-hybridized carbons (Fsp3) is 0.429. The van der Waals surface area contributed by atoms with Gasteiger partial charge in [0, 0.05) is 13.1 Å². The van der Waals surface area contributed by atoms with E-state index in [1.165, 1.54) is 0 Å². The first-order chi connectivity index (χ1) is 7.07.